The third kappa shape index (κ3) is 3.21. The average Bonchev–Trinajstić information content (AvgIpc) is 2.28. The van der Waals surface area contributed by atoms with Gasteiger partial charge in [0.25, 0.3) is 5.91 Å². The number of terminal acetylenes is 1. The zero-order valence-electron chi connectivity index (χ0n) is 8.73. The first-order valence-electron chi connectivity index (χ1n) is 4.89. The number of phenolic OH excluding ortho intramolecular Hbond substituents is 2. The van der Waals surface area contributed by atoms with Crippen molar-refractivity contribution in [2.75, 3.05) is 6.54 Å². The molecule has 0 heterocycles. The number of carbonyl (C=O) groups is 1. The standard InChI is InChI=1S/C12H13NO3/c1-2-3-4-7-13-12(16)9-5-6-10(14)11(15)8-9/h1,5-6,8,14-15H,3-4,7H2,(H,13,16). The number of nitrogens with one attached hydrogen (secondary N) is 1. The van der Waals surface area contributed by atoms with Gasteiger partial charge in [-0.2, -0.15) is 0 Å². The molecule has 0 aliphatic carbocycles. The van der Waals surface area contributed by atoms with Crippen molar-refractivity contribution >= 4 is 5.91 Å². The summed E-state index contributed by atoms with van der Waals surface area (Å²) in [6.07, 6.45) is 6.40. The molecule has 84 valence electrons. The Morgan fingerprint density at radius 1 is 1.38 bits per heavy atom. The molecule has 16 heavy (non-hydrogen) atoms. The van der Waals surface area contributed by atoms with E-state index in [0.29, 0.717) is 24.9 Å². The first-order chi connectivity index (χ1) is 7.65. The van der Waals surface area contributed by atoms with Gasteiger partial charge in [0, 0.05) is 18.5 Å². The maximum atomic E-state index is 11.5. The van der Waals surface area contributed by atoms with Crippen molar-refractivity contribution in [3.05, 3.63) is 23.8 Å². The molecule has 0 aliphatic rings. The van der Waals surface area contributed by atoms with Crippen LogP contribution in [0.4, 0.5) is 0 Å². The maximum Gasteiger partial charge on any atom is 0.251 e. The Bertz CT molecular complexity index is 421. The van der Waals surface area contributed by atoms with Gasteiger partial charge in [0.1, 0.15) is 0 Å². The normalized spacial score (nSPS) is 9.44. The van der Waals surface area contributed by atoms with E-state index in [4.69, 9.17) is 11.5 Å². The minimum absolute atomic E-state index is 0.246. The van der Waals surface area contributed by atoms with E-state index in [1.54, 1.807) is 0 Å². The van der Waals surface area contributed by atoms with E-state index >= 15 is 0 Å². The zero-order chi connectivity index (χ0) is 12.0. The van der Waals surface area contributed by atoms with Crippen LogP contribution in [0.1, 0.15) is 23.2 Å². The van der Waals surface area contributed by atoms with Gasteiger partial charge < -0.3 is 15.5 Å². The maximum absolute atomic E-state index is 11.5. The monoisotopic (exact) mass is 219 g/mol. The summed E-state index contributed by atoms with van der Waals surface area (Å²) in [4.78, 5) is 11.5. The lowest BCUT2D eigenvalue weighted by Gasteiger charge is -2.05. The van der Waals surface area contributed by atoms with Gasteiger partial charge in [-0.15, -0.1) is 12.3 Å². The minimum Gasteiger partial charge on any atom is -0.504 e. The molecule has 0 saturated carbocycles. The molecule has 1 rings (SSSR count). The van der Waals surface area contributed by atoms with E-state index in [2.05, 4.69) is 11.2 Å². The van der Waals surface area contributed by atoms with E-state index in [-0.39, 0.29) is 17.4 Å². The number of amides is 1. The predicted molar refractivity (Wildman–Crippen MR) is 60.2 cm³/mol. The van der Waals surface area contributed by atoms with Gasteiger partial charge in [0.2, 0.25) is 0 Å². The van der Waals surface area contributed by atoms with Crippen molar-refractivity contribution in [2.24, 2.45) is 0 Å². The summed E-state index contributed by atoms with van der Waals surface area (Å²) in [6, 6.07) is 3.92. The number of unbranched alkanes of at least 4 members (excludes halogenated alkanes) is 1. The molecule has 0 fully saturated rings. The van der Waals surface area contributed by atoms with Crippen molar-refractivity contribution in [1.29, 1.82) is 0 Å². The van der Waals surface area contributed by atoms with Crippen LogP contribution >= 0.6 is 0 Å². The minimum atomic E-state index is -0.309. The van der Waals surface area contributed by atoms with Crippen LogP contribution in [0.25, 0.3) is 0 Å². The number of carbonyl (C=O) groups excluding carboxylic acids is 1. The summed E-state index contributed by atoms with van der Waals surface area (Å²) in [7, 11) is 0. The fraction of sp³-hybridized carbons (Fsp3) is 0.250. The first kappa shape index (κ1) is 11.9. The Hall–Kier alpha value is -2.15. The number of hydrogen-bond acceptors (Lipinski definition) is 3. The van der Waals surface area contributed by atoms with Gasteiger partial charge >= 0.3 is 0 Å². The Morgan fingerprint density at radius 3 is 2.75 bits per heavy atom. The SMILES string of the molecule is C#CCCCNC(=O)c1ccc(O)c(O)c1. The number of phenols is 2. The molecule has 0 unspecified atom stereocenters. The van der Waals surface area contributed by atoms with Crippen LogP contribution in [-0.4, -0.2) is 22.7 Å². The molecule has 1 aromatic rings. The summed E-state index contributed by atoms with van der Waals surface area (Å²) < 4.78 is 0. The van der Waals surface area contributed by atoms with E-state index in [1.165, 1.54) is 18.2 Å². The second-order valence-electron chi connectivity index (χ2n) is 3.27. The third-order valence-corrected chi connectivity index (χ3v) is 2.02. The van der Waals surface area contributed by atoms with Gasteiger partial charge in [-0.25, -0.2) is 0 Å². The highest BCUT2D eigenvalue weighted by molar-refractivity contribution is 5.94. The van der Waals surface area contributed by atoms with E-state index in [0.717, 1.165) is 0 Å². The summed E-state index contributed by atoms with van der Waals surface area (Å²) in [5, 5.41) is 20.9. The van der Waals surface area contributed by atoms with Crippen LogP contribution in [0.2, 0.25) is 0 Å². The summed E-state index contributed by atoms with van der Waals surface area (Å²) in [5.74, 6) is 1.62. The highest BCUT2D eigenvalue weighted by Crippen LogP contribution is 2.24. The van der Waals surface area contributed by atoms with Crippen molar-refractivity contribution in [1.82, 2.24) is 5.32 Å². The first-order valence-corrected chi connectivity index (χ1v) is 4.89. The lowest BCUT2D eigenvalue weighted by molar-refractivity contribution is 0.0953. The number of benzene rings is 1. The Balaban J connectivity index is 2.53. The van der Waals surface area contributed by atoms with Crippen molar-refractivity contribution in [2.45, 2.75) is 12.8 Å². The molecular weight excluding hydrogens is 206 g/mol. The number of hydrogen-bond donors (Lipinski definition) is 3. The number of aromatic hydroxyl groups is 2. The van der Waals surface area contributed by atoms with Crippen LogP contribution in [0.5, 0.6) is 11.5 Å². The molecule has 0 bridgehead atoms. The van der Waals surface area contributed by atoms with E-state index in [9.17, 15) is 9.90 Å². The van der Waals surface area contributed by atoms with Gasteiger partial charge in [-0.05, 0) is 24.6 Å². The van der Waals surface area contributed by atoms with Crippen LogP contribution in [0.3, 0.4) is 0 Å². The van der Waals surface area contributed by atoms with Crippen LogP contribution < -0.4 is 5.32 Å². The number of rotatable bonds is 4. The molecule has 0 atom stereocenters. The molecule has 0 aliphatic heterocycles. The Labute approximate surface area is 93.9 Å². The molecule has 3 N–H and O–H groups in total. The molecule has 0 saturated heterocycles. The lowest BCUT2D eigenvalue weighted by Crippen LogP contribution is -2.24. The van der Waals surface area contributed by atoms with Gasteiger partial charge in [0.05, 0.1) is 0 Å². The van der Waals surface area contributed by atoms with Crippen molar-refractivity contribution in [3.63, 3.8) is 0 Å². The zero-order valence-corrected chi connectivity index (χ0v) is 8.73. The fourth-order valence-corrected chi connectivity index (χ4v) is 1.16. The summed E-state index contributed by atoms with van der Waals surface area (Å²) >= 11 is 0. The van der Waals surface area contributed by atoms with E-state index in [1.807, 2.05) is 0 Å². The largest absolute Gasteiger partial charge is 0.504 e. The molecule has 0 radical (unpaired) electrons. The Kier molecular flexibility index (Phi) is 4.22. The second-order valence-corrected chi connectivity index (χ2v) is 3.27. The van der Waals surface area contributed by atoms with Crippen LogP contribution in [0.15, 0.2) is 18.2 Å². The highest BCUT2D eigenvalue weighted by Gasteiger charge is 2.07. The predicted octanol–water partition coefficient (Wildman–Crippen LogP) is 1.24. The van der Waals surface area contributed by atoms with Crippen molar-refractivity contribution < 1.29 is 15.0 Å². The van der Waals surface area contributed by atoms with Gasteiger partial charge in [0.15, 0.2) is 11.5 Å². The van der Waals surface area contributed by atoms with Gasteiger partial charge in [-0.3, -0.25) is 4.79 Å². The van der Waals surface area contributed by atoms with Crippen LogP contribution in [0, 0.1) is 12.3 Å². The lowest BCUT2D eigenvalue weighted by atomic mass is 10.2. The topological polar surface area (TPSA) is 69.6 Å². The van der Waals surface area contributed by atoms with Crippen LogP contribution in [-0.2, 0) is 0 Å². The molecule has 0 aromatic heterocycles. The Morgan fingerprint density at radius 2 is 2.12 bits per heavy atom. The quantitative estimate of drug-likeness (QED) is 0.405. The summed E-state index contributed by atoms with van der Waals surface area (Å²) in [6.45, 7) is 0.491. The second kappa shape index (κ2) is 5.66. The molecule has 4 heteroatoms. The summed E-state index contributed by atoms with van der Waals surface area (Å²) in [5.41, 5.74) is 0.302. The molecule has 4 nitrogen and oxygen atoms in total. The third-order valence-electron chi connectivity index (χ3n) is 2.02. The van der Waals surface area contributed by atoms with Gasteiger partial charge in [-0.1, -0.05) is 0 Å². The van der Waals surface area contributed by atoms with E-state index < -0.39 is 0 Å². The molecule has 0 spiro atoms. The smallest absolute Gasteiger partial charge is 0.251 e. The van der Waals surface area contributed by atoms with Crippen molar-refractivity contribution in [3.8, 4) is 23.8 Å². The molecule has 1 amide bonds. The molecular formula is C12H13NO3. The highest BCUT2D eigenvalue weighted by atomic mass is 16.3. The molecule has 1 aromatic carbocycles. The average molecular weight is 219 g/mol. The fourth-order valence-electron chi connectivity index (χ4n) is 1.16.